The monoisotopic (exact) mass is 504 g/mol. The minimum Gasteiger partial charge on any atom is -0.335 e. The summed E-state index contributed by atoms with van der Waals surface area (Å²) in [6.07, 6.45) is -3.22. The topological polar surface area (TPSA) is 106 Å². The molecule has 2 aliphatic heterocycles. The first-order valence-electron chi connectivity index (χ1n) is 11.0. The molecular formula is C23H20F4N6O3. The van der Waals surface area contributed by atoms with Crippen molar-refractivity contribution in [3.8, 4) is 5.69 Å². The highest BCUT2D eigenvalue weighted by molar-refractivity contribution is 6.05. The van der Waals surface area contributed by atoms with E-state index < -0.39 is 35.2 Å². The van der Waals surface area contributed by atoms with E-state index in [4.69, 9.17) is 5.73 Å². The summed E-state index contributed by atoms with van der Waals surface area (Å²) in [7, 11) is 0. The Morgan fingerprint density at radius 1 is 1.03 bits per heavy atom. The third-order valence-electron chi connectivity index (χ3n) is 6.38. The zero-order valence-electron chi connectivity index (χ0n) is 18.7. The van der Waals surface area contributed by atoms with Crippen molar-refractivity contribution in [3.05, 3.63) is 70.5 Å². The number of nitrogens with zero attached hydrogens (tertiary/aromatic N) is 5. The molecule has 0 atom stereocenters. The van der Waals surface area contributed by atoms with Crippen molar-refractivity contribution in [3.63, 3.8) is 0 Å². The van der Waals surface area contributed by atoms with E-state index in [1.54, 1.807) is 0 Å². The van der Waals surface area contributed by atoms with Crippen molar-refractivity contribution < 1.29 is 27.2 Å². The molecule has 0 bridgehead atoms. The molecule has 2 amide bonds. The number of fused-ring (bicyclic) bond motifs is 1. The van der Waals surface area contributed by atoms with Gasteiger partial charge in [0, 0.05) is 38.4 Å². The molecule has 0 radical (unpaired) electrons. The van der Waals surface area contributed by atoms with Crippen molar-refractivity contribution in [2.24, 2.45) is 5.73 Å². The Balaban J connectivity index is 1.65. The largest absolute Gasteiger partial charge is 0.416 e. The van der Waals surface area contributed by atoms with Crippen LogP contribution in [0.5, 0.6) is 0 Å². The number of likely N-dealkylation sites (tertiary alicyclic amines) is 2. The molecule has 0 spiro atoms. The molecule has 4 heterocycles. The number of carbonyl (C=O) groups is 2. The molecule has 36 heavy (non-hydrogen) atoms. The van der Waals surface area contributed by atoms with Crippen LogP contribution >= 0.6 is 0 Å². The molecule has 1 aromatic carbocycles. The number of alkyl halides is 3. The van der Waals surface area contributed by atoms with Gasteiger partial charge in [0.15, 0.2) is 11.5 Å². The van der Waals surface area contributed by atoms with E-state index in [0.717, 1.165) is 33.7 Å². The summed E-state index contributed by atoms with van der Waals surface area (Å²) in [5.74, 6) is -2.43. The number of carbonyl (C=O) groups excluding carboxylic acids is 2. The number of hydrogen-bond donors (Lipinski definition) is 1. The Bertz CT molecular complexity index is 1450. The van der Waals surface area contributed by atoms with Gasteiger partial charge in [-0.15, -0.1) is 0 Å². The molecular weight excluding hydrogens is 484 g/mol. The molecule has 2 fully saturated rings. The Hall–Kier alpha value is -4.00. The van der Waals surface area contributed by atoms with Crippen LogP contribution in [-0.4, -0.2) is 68.0 Å². The van der Waals surface area contributed by atoms with Crippen molar-refractivity contribution in [1.29, 1.82) is 0 Å². The third kappa shape index (κ3) is 3.75. The molecule has 3 aromatic rings. The van der Waals surface area contributed by atoms with Gasteiger partial charge in [-0.2, -0.15) is 13.2 Å². The lowest BCUT2D eigenvalue weighted by Gasteiger charge is -2.39. The van der Waals surface area contributed by atoms with E-state index in [0.29, 0.717) is 13.1 Å². The third-order valence-corrected chi connectivity index (χ3v) is 6.38. The number of amides is 2. The standard InChI is InChI=1S/C23H20F4N6O3/c1-12(24)20(34)31-10-16(11-31)32-18-17(21(35)30-8-14(28)9-30)6-7-29-19(18)33(22(32)36)15-4-2-13(3-5-15)23(25,26)27/h2-7,14,16H,1,8-11,28H2. The van der Waals surface area contributed by atoms with Crippen LogP contribution in [0, 0.1) is 0 Å². The normalized spacial score (nSPS) is 16.7. The van der Waals surface area contributed by atoms with Gasteiger partial charge in [0.05, 0.1) is 22.9 Å². The van der Waals surface area contributed by atoms with Gasteiger partial charge in [-0.05, 0) is 30.3 Å². The lowest BCUT2D eigenvalue weighted by atomic mass is 10.1. The molecule has 9 nitrogen and oxygen atoms in total. The minimum absolute atomic E-state index is 0.0229. The maximum Gasteiger partial charge on any atom is 0.416 e. The zero-order valence-corrected chi connectivity index (χ0v) is 18.7. The summed E-state index contributed by atoms with van der Waals surface area (Å²) >= 11 is 0. The van der Waals surface area contributed by atoms with Crippen LogP contribution < -0.4 is 11.4 Å². The summed E-state index contributed by atoms with van der Waals surface area (Å²) in [5, 5.41) is 0. The number of aromatic nitrogens is 3. The fraction of sp³-hybridized carbons (Fsp3) is 0.304. The van der Waals surface area contributed by atoms with Crippen molar-refractivity contribution in [1.82, 2.24) is 23.9 Å². The van der Waals surface area contributed by atoms with E-state index in [1.165, 1.54) is 21.7 Å². The number of imidazole rings is 1. The Kier molecular flexibility index (Phi) is 5.47. The Labute approximate surface area is 201 Å². The number of hydrogen-bond acceptors (Lipinski definition) is 5. The van der Waals surface area contributed by atoms with Gasteiger partial charge in [-0.25, -0.2) is 18.7 Å². The number of nitrogens with two attached hydrogens (primary N) is 1. The SMILES string of the molecule is C=C(F)C(=O)N1CC(n2c(=O)n(-c3ccc(C(F)(F)F)cc3)c3nccc(C(=O)N4CC(N)C4)c32)C1. The minimum atomic E-state index is -4.56. The summed E-state index contributed by atoms with van der Waals surface area (Å²) in [4.78, 5) is 45.7. The highest BCUT2D eigenvalue weighted by atomic mass is 19.4. The molecule has 2 aliphatic rings. The maximum absolute atomic E-state index is 13.6. The molecule has 0 saturated carbocycles. The molecule has 188 valence electrons. The summed E-state index contributed by atoms with van der Waals surface area (Å²) in [5.41, 5.74) is 4.77. The summed E-state index contributed by atoms with van der Waals surface area (Å²) in [6, 6.07) is 4.64. The van der Waals surface area contributed by atoms with E-state index in [9.17, 15) is 31.9 Å². The van der Waals surface area contributed by atoms with E-state index in [1.807, 2.05) is 0 Å². The molecule has 5 rings (SSSR count). The second-order valence-corrected chi connectivity index (χ2v) is 8.80. The highest BCUT2D eigenvalue weighted by Crippen LogP contribution is 2.32. The molecule has 13 heteroatoms. The first-order valence-corrected chi connectivity index (χ1v) is 11.0. The number of benzene rings is 1. The quantitative estimate of drug-likeness (QED) is 0.431. The van der Waals surface area contributed by atoms with Gasteiger partial charge in [0.25, 0.3) is 11.8 Å². The predicted molar refractivity (Wildman–Crippen MR) is 120 cm³/mol. The molecule has 2 aromatic heterocycles. The zero-order chi connectivity index (χ0) is 25.9. The van der Waals surface area contributed by atoms with Crippen LogP contribution in [0.15, 0.2) is 53.7 Å². The van der Waals surface area contributed by atoms with Gasteiger partial charge in [0.2, 0.25) is 0 Å². The smallest absolute Gasteiger partial charge is 0.335 e. The fourth-order valence-electron chi connectivity index (χ4n) is 4.49. The van der Waals surface area contributed by atoms with E-state index >= 15 is 0 Å². The van der Waals surface area contributed by atoms with Crippen LogP contribution in [0.3, 0.4) is 0 Å². The van der Waals surface area contributed by atoms with E-state index in [2.05, 4.69) is 11.6 Å². The number of pyridine rings is 1. The van der Waals surface area contributed by atoms with Crippen molar-refractivity contribution >= 4 is 23.0 Å². The first-order chi connectivity index (χ1) is 17.0. The lowest BCUT2D eigenvalue weighted by Crippen LogP contribution is -2.58. The average molecular weight is 504 g/mol. The van der Waals surface area contributed by atoms with Crippen LogP contribution in [-0.2, 0) is 11.0 Å². The number of halogens is 4. The van der Waals surface area contributed by atoms with Crippen molar-refractivity contribution in [2.75, 3.05) is 26.2 Å². The predicted octanol–water partition coefficient (Wildman–Crippen LogP) is 1.86. The number of rotatable bonds is 4. The van der Waals surface area contributed by atoms with E-state index in [-0.39, 0.29) is 47.5 Å². The van der Waals surface area contributed by atoms with Crippen LogP contribution in [0.25, 0.3) is 16.9 Å². The summed E-state index contributed by atoms with van der Waals surface area (Å²) < 4.78 is 54.9. The second-order valence-electron chi connectivity index (χ2n) is 8.80. The first kappa shape index (κ1) is 23.7. The lowest BCUT2D eigenvalue weighted by molar-refractivity contribution is -0.137. The average Bonchev–Trinajstić information content (AvgIpc) is 3.06. The Morgan fingerprint density at radius 2 is 1.67 bits per heavy atom. The van der Waals surface area contributed by atoms with Crippen molar-refractivity contribution in [2.45, 2.75) is 18.3 Å². The molecule has 2 N–H and O–H groups in total. The second kappa shape index (κ2) is 8.29. The van der Waals surface area contributed by atoms with Crippen LogP contribution in [0.4, 0.5) is 17.6 Å². The molecule has 2 saturated heterocycles. The van der Waals surface area contributed by atoms with Crippen LogP contribution in [0.2, 0.25) is 0 Å². The Morgan fingerprint density at radius 3 is 2.22 bits per heavy atom. The van der Waals surface area contributed by atoms with Gasteiger partial charge in [0.1, 0.15) is 5.52 Å². The molecule has 0 aliphatic carbocycles. The fourth-order valence-corrected chi connectivity index (χ4v) is 4.49. The maximum atomic E-state index is 13.6. The van der Waals surface area contributed by atoms with Gasteiger partial charge >= 0.3 is 11.9 Å². The molecule has 0 unspecified atom stereocenters. The van der Waals surface area contributed by atoms with Gasteiger partial charge in [-0.1, -0.05) is 6.58 Å². The van der Waals surface area contributed by atoms with Gasteiger partial charge < -0.3 is 15.5 Å². The highest BCUT2D eigenvalue weighted by Gasteiger charge is 2.38. The van der Waals surface area contributed by atoms with Gasteiger partial charge in [-0.3, -0.25) is 14.2 Å². The summed E-state index contributed by atoms with van der Waals surface area (Å²) in [6.45, 7) is 3.60. The van der Waals surface area contributed by atoms with Crippen LogP contribution in [0.1, 0.15) is 22.0 Å².